The molecule has 0 N–H and O–H groups in total. The number of ether oxygens (including phenoxy) is 1. The second-order valence-electron chi connectivity index (χ2n) is 6.86. The van der Waals surface area contributed by atoms with E-state index in [4.69, 9.17) is 25.7 Å². The van der Waals surface area contributed by atoms with Gasteiger partial charge in [0.1, 0.15) is 22.8 Å². The Kier molecular flexibility index (Phi) is 7.25. The van der Waals surface area contributed by atoms with E-state index in [1.54, 1.807) is 49.7 Å². The van der Waals surface area contributed by atoms with Crippen molar-refractivity contribution in [3.8, 4) is 5.75 Å². The van der Waals surface area contributed by atoms with Gasteiger partial charge in [-0.3, -0.25) is 9.69 Å². The molecule has 0 fully saturated rings. The summed E-state index contributed by atoms with van der Waals surface area (Å²) in [4.78, 5) is 23.9. The molecule has 10 heteroatoms. The van der Waals surface area contributed by atoms with Gasteiger partial charge in [-0.05, 0) is 38.5 Å². The van der Waals surface area contributed by atoms with Crippen molar-refractivity contribution in [2.75, 3.05) is 18.6 Å². The fraction of sp³-hybridized carbons (Fsp3) is 0.286. The third-order valence-corrected chi connectivity index (χ3v) is 6.31. The first kappa shape index (κ1) is 23.1. The molecule has 0 spiro atoms. The molecule has 1 aromatic carbocycles. The molecular weight excluding hydrogens is 459 g/mol. The Morgan fingerprint density at radius 2 is 2.16 bits per heavy atom. The number of hydrogen-bond acceptors (Lipinski definition) is 6. The first-order chi connectivity index (χ1) is 14.5. The lowest BCUT2D eigenvalue weighted by molar-refractivity contribution is 0.0985. The summed E-state index contributed by atoms with van der Waals surface area (Å²) in [5.74, 6) is 1.76. The van der Waals surface area contributed by atoms with Gasteiger partial charge in [-0.1, -0.05) is 22.9 Å². The number of halogens is 2. The van der Waals surface area contributed by atoms with Crippen molar-refractivity contribution in [3.63, 3.8) is 0 Å². The number of fused-ring (bicyclic) bond motifs is 1. The highest BCUT2D eigenvalue weighted by molar-refractivity contribution is 7.23. The number of carbonyl (C=O) groups is 1. The van der Waals surface area contributed by atoms with Gasteiger partial charge in [-0.2, -0.15) is 0 Å². The summed E-state index contributed by atoms with van der Waals surface area (Å²) in [7, 11) is 1.59. The van der Waals surface area contributed by atoms with Crippen LogP contribution >= 0.6 is 35.3 Å². The zero-order valence-corrected chi connectivity index (χ0v) is 19.7. The van der Waals surface area contributed by atoms with Crippen molar-refractivity contribution in [1.82, 2.24) is 14.5 Å². The molecule has 0 aliphatic carbocycles. The van der Waals surface area contributed by atoms with E-state index in [0.29, 0.717) is 45.0 Å². The van der Waals surface area contributed by atoms with Gasteiger partial charge in [-0.15, -0.1) is 12.4 Å². The first-order valence-electron chi connectivity index (χ1n) is 9.45. The van der Waals surface area contributed by atoms with E-state index in [0.717, 1.165) is 17.7 Å². The zero-order valence-electron chi connectivity index (χ0n) is 17.3. The summed E-state index contributed by atoms with van der Waals surface area (Å²) in [6.45, 7) is 4.85. The fourth-order valence-corrected chi connectivity index (χ4v) is 4.60. The van der Waals surface area contributed by atoms with Gasteiger partial charge >= 0.3 is 0 Å². The molecule has 0 radical (unpaired) electrons. The van der Waals surface area contributed by atoms with Crippen molar-refractivity contribution in [1.29, 1.82) is 0 Å². The Bertz CT molecular complexity index is 1190. The molecule has 0 aliphatic heterocycles. The van der Waals surface area contributed by atoms with E-state index >= 15 is 0 Å². The maximum atomic E-state index is 13.4. The Labute approximate surface area is 195 Å². The Balaban J connectivity index is 0.00000272. The molecule has 0 saturated heterocycles. The third-order valence-electron chi connectivity index (χ3n) is 4.77. The standard InChI is InChI=1S/C21H21ClN4O3S.ClH/c1-13-11-15(14(2)29-13)20(27)26(9-4-8-25-10-7-23-12-25)21-24-18-17(28-3)6-5-16(22)19(18)30-21;/h5-7,10-12H,4,8-9H2,1-3H3;1H. The summed E-state index contributed by atoms with van der Waals surface area (Å²) in [5.41, 5.74) is 1.19. The number of anilines is 1. The molecule has 0 atom stereocenters. The van der Waals surface area contributed by atoms with Crippen LogP contribution in [0.1, 0.15) is 28.3 Å². The van der Waals surface area contributed by atoms with E-state index in [2.05, 4.69) is 4.98 Å². The summed E-state index contributed by atoms with van der Waals surface area (Å²) >= 11 is 7.76. The summed E-state index contributed by atoms with van der Waals surface area (Å²) < 4.78 is 13.8. The van der Waals surface area contributed by atoms with Crippen LogP contribution in [0, 0.1) is 13.8 Å². The van der Waals surface area contributed by atoms with E-state index in [1.807, 2.05) is 17.7 Å². The largest absolute Gasteiger partial charge is 0.494 e. The van der Waals surface area contributed by atoms with Crippen LogP contribution in [0.3, 0.4) is 0 Å². The highest BCUT2D eigenvalue weighted by atomic mass is 35.5. The highest BCUT2D eigenvalue weighted by Gasteiger charge is 2.25. The smallest absolute Gasteiger partial charge is 0.263 e. The summed E-state index contributed by atoms with van der Waals surface area (Å²) in [6, 6.07) is 5.32. The Hall–Kier alpha value is -2.55. The van der Waals surface area contributed by atoms with Crippen LogP contribution in [-0.2, 0) is 6.54 Å². The number of carbonyl (C=O) groups excluding carboxylic acids is 1. The zero-order chi connectivity index (χ0) is 21.3. The molecular formula is C21H22Cl2N4O3S. The normalized spacial score (nSPS) is 10.8. The molecule has 31 heavy (non-hydrogen) atoms. The second kappa shape index (κ2) is 9.72. The molecule has 7 nitrogen and oxygen atoms in total. The maximum absolute atomic E-state index is 13.4. The van der Waals surface area contributed by atoms with Crippen LogP contribution < -0.4 is 9.64 Å². The van der Waals surface area contributed by atoms with Gasteiger partial charge < -0.3 is 13.7 Å². The molecule has 0 aliphatic rings. The van der Waals surface area contributed by atoms with Crippen LogP contribution in [0.5, 0.6) is 5.75 Å². The van der Waals surface area contributed by atoms with Crippen LogP contribution in [0.4, 0.5) is 5.13 Å². The molecule has 0 bridgehead atoms. The number of nitrogens with zero attached hydrogens (tertiary/aromatic N) is 4. The summed E-state index contributed by atoms with van der Waals surface area (Å²) in [5, 5.41) is 1.15. The van der Waals surface area contributed by atoms with Crippen LogP contribution in [-0.4, -0.2) is 34.1 Å². The predicted molar refractivity (Wildman–Crippen MR) is 125 cm³/mol. The molecule has 3 heterocycles. The topological polar surface area (TPSA) is 73.4 Å². The minimum Gasteiger partial charge on any atom is -0.494 e. The lowest BCUT2D eigenvalue weighted by Gasteiger charge is -2.19. The van der Waals surface area contributed by atoms with Crippen LogP contribution in [0.2, 0.25) is 5.02 Å². The van der Waals surface area contributed by atoms with E-state index in [-0.39, 0.29) is 18.3 Å². The fourth-order valence-electron chi connectivity index (χ4n) is 3.32. The molecule has 4 rings (SSSR count). The lowest BCUT2D eigenvalue weighted by Crippen LogP contribution is -2.32. The predicted octanol–water partition coefficient (Wildman–Crippen LogP) is 5.52. The van der Waals surface area contributed by atoms with Gasteiger partial charge in [0, 0.05) is 25.5 Å². The number of furan rings is 1. The number of aromatic nitrogens is 3. The number of hydrogen-bond donors (Lipinski definition) is 0. The molecule has 0 saturated carbocycles. The number of methoxy groups -OCH3 is 1. The lowest BCUT2D eigenvalue weighted by atomic mass is 10.2. The SMILES string of the molecule is COc1ccc(Cl)c2sc(N(CCCn3ccnc3)C(=O)c3cc(C)oc3C)nc12.Cl. The number of aryl methyl sites for hydroxylation is 3. The quantitative estimate of drug-likeness (QED) is 0.347. The monoisotopic (exact) mass is 480 g/mol. The molecule has 164 valence electrons. The number of amides is 1. The van der Waals surface area contributed by atoms with E-state index < -0.39 is 0 Å². The molecule has 4 aromatic rings. The van der Waals surface area contributed by atoms with Crippen molar-refractivity contribution in [2.45, 2.75) is 26.8 Å². The average molecular weight is 481 g/mol. The van der Waals surface area contributed by atoms with Gasteiger partial charge in [0.15, 0.2) is 5.13 Å². The average Bonchev–Trinajstić information content (AvgIpc) is 3.45. The number of thiazole rings is 1. The molecule has 3 aromatic heterocycles. The highest BCUT2D eigenvalue weighted by Crippen LogP contribution is 2.39. The third kappa shape index (κ3) is 4.71. The molecule has 1 amide bonds. The van der Waals surface area contributed by atoms with Crippen molar-refractivity contribution < 1.29 is 13.9 Å². The minimum atomic E-state index is -0.149. The Morgan fingerprint density at radius 3 is 2.81 bits per heavy atom. The molecule has 0 unspecified atom stereocenters. The van der Waals surface area contributed by atoms with E-state index in [1.165, 1.54) is 11.3 Å². The number of benzene rings is 1. The Morgan fingerprint density at radius 1 is 1.35 bits per heavy atom. The van der Waals surface area contributed by atoms with Crippen LogP contribution in [0.15, 0.2) is 41.3 Å². The van der Waals surface area contributed by atoms with Crippen molar-refractivity contribution >= 4 is 56.6 Å². The number of rotatable bonds is 7. The summed E-state index contributed by atoms with van der Waals surface area (Å²) in [6.07, 6.45) is 6.14. The van der Waals surface area contributed by atoms with Crippen molar-refractivity contribution in [2.24, 2.45) is 0 Å². The minimum absolute atomic E-state index is 0. The van der Waals surface area contributed by atoms with Gasteiger partial charge in [0.25, 0.3) is 5.91 Å². The van der Waals surface area contributed by atoms with Gasteiger partial charge in [-0.25, -0.2) is 9.97 Å². The van der Waals surface area contributed by atoms with Crippen LogP contribution in [0.25, 0.3) is 10.2 Å². The van der Waals surface area contributed by atoms with Gasteiger partial charge in [0.05, 0.1) is 28.7 Å². The first-order valence-corrected chi connectivity index (χ1v) is 10.6. The van der Waals surface area contributed by atoms with Crippen molar-refractivity contribution in [3.05, 3.63) is 59.0 Å². The van der Waals surface area contributed by atoms with E-state index in [9.17, 15) is 4.79 Å². The maximum Gasteiger partial charge on any atom is 0.263 e. The second-order valence-corrected chi connectivity index (χ2v) is 8.25. The number of imidazole rings is 1. The van der Waals surface area contributed by atoms with Gasteiger partial charge in [0.2, 0.25) is 0 Å².